The molecule has 1 saturated carbocycles. The summed E-state index contributed by atoms with van der Waals surface area (Å²) in [7, 11) is 2.01. The van der Waals surface area contributed by atoms with Crippen LogP contribution >= 0.6 is 0 Å². The van der Waals surface area contributed by atoms with Crippen LogP contribution in [-0.2, 0) is 0 Å². The van der Waals surface area contributed by atoms with Gasteiger partial charge in [0.15, 0.2) is 0 Å². The van der Waals surface area contributed by atoms with Crippen molar-refractivity contribution in [3.8, 4) is 0 Å². The first-order valence-electron chi connectivity index (χ1n) is 6.19. The molecule has 1 aliphatic carbocycles. The van der Waals surface area contributed by atoms with E-state index in [-0.39, 0.29) is 6.04 Å². The van der Waals surface area contributed by atoms with E-state index in [1.807, 2.05) is 7.05 Å². The second-order valence-corrected chi connectivity index (χ2v) is 5.41. The lowest BCUT2D eigenvalue weighted by Gasteiger charge is -2.41. The molecule has 2 nitrogen and oxygen atoms in total. The molecular formula is C12H23FN2. The molecule has 0 aromatic heterocycles. The molecule has 15 heavy (non-hydrogen) atoms. The molecule has 2 aliphatic rings. The molecule has 2 rings (SSSR count). The minimum Gasteiger partial charge on any atom is -0.303 e. The smallest absolute Gasteiger partial charge is 0.128 e. The molecule has 2 atom stereocenters. The molecule has 0 spiro atoms. The summed E-state index contributed by atoms with van der Waals surface area (Å²) >= 11 is 0. The van der Waals surface area contributed by atoms with E-state index in [9.17, 15) is 4.39 Å². The van der Waals surface area contributed by atoms with Crippen molar-refractivity contribution < 1.29 is 4.39 Å². The first kappa shape index (κ1) is 11.3. The first-order valence-corrected chi connectivity index (χ1v) is 6.19. The third-order valence-corrected chi connectivity index (χ3v) is 3.66. The van der Waals surface area contributed by atoms with Crippen molar-refractivity contribution in [2.75, 3.05) is 20.1 Å². The Balaban J connectivity index is 2.00. The fourth-order valence-corrected chi connectivity index (χ4v) is 2.83. The Morgan fingerprint density at radius 2 is 1.93 bits per heavy atom. The summed E-state index contributed by atoms with van der Waals surface area (Å²) in [4.78, 5) is 4.53. The standard InChI is InChI=1S/C12H23FN2/c1-9(2)15(10-4-5-10)12-6-7-14(3)8-11(12)13/h9-12H,4-8H2,1-3H3. The van der Waals surface area contributed by atoms with Crippen LogP contribution in [0, 0.1) is 0 Å². The van der Waals surface area contributed by atoms with Gasteiger partial charge in [0, 0.05) is 24.7 Å². The van der Waals surface area contributed by atoms with Crippen molar-refractivity contribution in [3.63, 3.8) is 0 Å². The van der Waals surface area contributed by atoms with E-state index < -0.39 is 6.17 Å². The molecular weight excluding hydrogens is 191 g/mol. The molecule has 0 aromatic rings. The monoisotopic (exact) mass is 214 g/mol. The lowest BCUT2D eigenvalue weighted by molar-refractivity contribution is 0.0213. The Morgan fingerprint density at radius 1 is 1.27 bits per heavy atom. The normalized spacial score (nSPS) is 34.0. The summed E-state index contributed by atoms with van der Waals surface area (Å²) in [6.07, 6.45) is 2.88. The van der Waals surface area contributed by atoms with Gasteiger partial charge in [0.05, 0.1) is 0 Å². The Morgan fingerprint density at radius 3 is 2.40 bits per heavy atom. The van der Waals surface area contributed by atoms with Crippen molar-refractivity contribution in [1.82, 2.24) is 9.80 Å². The largest absolute Gasteiger partial charge is 0.303 e. The average Bonchev–Trinajstić information content (AvgIpc) is 2.92. The van der Waals surface area contributed by atoms with E-state index in [4.69, 9.17) is 0 Å². The van der Waals surface area contributed by atoms with Gasteiger partial charge in [0.1, 0.15) is 6.17 Å². The highest BCUT2D eigenvalue weighted by atomic mass is 19.1. The summed E-state index contributed by atoms with van der Waals surface area (Å²) in [5.41, 5.74) is 0. The van der Waals surface area contributed by atoms with Crippen LogP contribution < -0.4 is 0 Å². The lowest BCUT2D eigenvalue weighted by Crippen LogP contribution is -2.54. The maximum Gasteiger partial charge on any atom is 0.128 e. The summed E-state index contributed by atoms with van der Waals surface area (Å²) < 4.78 is 14.0. The van der Waals surface area contributed by atoms with E-state index >= 15 is 0 Å². The number of piperidine rings is 1. The van der Waals surface area contributed by atoms with Crippen molar-refractivity contribution in [1.29, 1.82) is 0 Å². The highest BCUT2D eigenvalue weighted by molar-refractivity contribution is 4.95. The second kappa shape index (κ2) is 4.38. The van der Waals surface area contributed by atoms with Crippen LogP contribution in [0.5, 0.6) is 0 Å². The highest BCUT2D eigenvalue weighted by Crippen LogP contribution is 2.34. The molecule has 88 valence electrons. The average molecular weight is 214 g/mol. The Bertz CT molecular complexity index is 214. The van der Waals surface area contributed by atoms with Crippen LogP contribution in [0.2, 0.25) is 0 Å². The Hall–Kier alpha value is -0.150. The third kappa shape index (κ3) is 2.51. The van der Waals surface area contributed by atoms with Crippen molar-refractivity contribution in [3.05, 3.63) is 0 Å². The number of halogens is 1. The van der Waals surface area contributed by atoms with Gasteiger partial charge < -0.3 is 4.90 Å². The molecule has 0 aromatic carbocycles. The van der Waals surface area contributed by atoms with Crippen molar-refractivity contribution in [2.24, 2.45) is 0 Å². The van der Waals surface area contributed by atoms with Gasteiger partial charge in [-0.1, -0.05) is 0 Å². The summed E-state index contributed by atoms with van der Waals surface area (Å²) in [5, 5.41) is 0. The zero-order chi connectivity index (χ0) is 11.0. The number of hydrogen-bond acceptors (Lipinski definition) is 2. The van der Waals surface area contributed by atoms with Crippen LogP contribution in [0.1, 0.15) is 33.1 Å². The predicted molar refractivity (Wildman–Crippen MR) is 60.8 cm³/mol. The van der Waals surface area contributed by atoms with Gasteiger partial charge in [-0.3, -0.25) is 4.90 Å². The first-order chi connectivity index (χ1) is 7.09. The van der Waals surface area contributed by atoms with Crippen LogP contribution in [0.3, 0.4) is 0 Å². The number of likely N-dealkylation sites (tertiary alicyclic amines) is 1. The third-order valence-electron chi connectivity index (χ3n) is 3.66. The minimum absolute atomic E-state index is 0.175. The molecule has 2 unspecified atom stereocenters. The van der Waals surface area contributed by atoms with Gasteiger partial charge in [0.25, 0.3) is 0 Å². The lowest BCUT2D eigenvalue weighted by atomic mass is 10.00. The summed E-state index contributed by atoms with van der Waals surface area (Å²) in [6.45, 7) is 6.05. The molecule has 2 fully saturated rings. The quantitative estimate of drug-likeness (QED) is 0.708. The number of rotatable bonds is 3. The molecule has 1 aliphatic heterocycles. The van der Waals surface area contributed by atoms with E-state index in [0.717, 1.165) is 13.0 Å². The van der Waals surface area contributed by atoms with Crippen LogP contribution in [0.15, 0.2) is 0 Å². The highest BCUT2D eigenvalue weighted by Gasteiger charge is 2.40. The van der Waals surface area contributed by atoms with Gasteiger partial charge in [0.2, 0.25) is 0 Å². The topological polar surface area (TPSA) is 6.48 Å². The van der Waals surface area contributed by atoms with Crippen LogP contribution in [-0.4, -0.2) is 54.2 Å². The number of nitrogens with zero attached hydrogens (tertiary/aromatic N) is 2. The molecule has 0 amide bonds. The molecule has 1 heterocycles. The Labute approximate surface area is 92.4 Å². The number of alkyl halides is 1. The molecule has 3 heteroatoms. The van der Waals surface area contributed by atoms with Gasteiger partial charge in [-0.05, 0) is 46.7 Å². The van der Waals surface area contributed by atoms with E-state index in [1.165, 1.54) is 12.8 Å². The fraction of sp³-hybridized carbons (Fsp3) is 1.00. The fourth-order valence-electron chi connectivity index (χ4n) is 2.83. The van der Waals surface area contributed by atoms with Gasteiger partial charge in [-0.15, -0.1) is 0 Å². The van der Waals surface area contributed by atoms with Gasteiger partial charge in [-0.25, -0.2) is 4.39 Å². The van der Waals surface area contributed by atoms with E-state index in [1.54, 1.807) is 0 Å². The van der Waals surface area contributed by atoms with Crippen molar-refractivity contribution in [2.45, 2.75) is 57.4 Å². The maximum absolute atomic E-state index is 14.0. The number of hydrogen-bond donors (Lipinski definition) is 0. The zero-order valence-electron chi connectivity index (χ0n) is 10.1. The van der Waals surface area contributed by atoms with Gasteiger partial charge >= 0.3 is 0 Å². The second-order valence-electron chi connectivity index (χ2n) is 5.41. The zero-order valence-corrected chi connectivity index (χ0v) is 10.1. The van der Waals surface area contributed by atoms with Crippen LogP contribution in [0.25, 0.3) is 0 Å². The van der Waals surface area contributed by atoms with E-state index in [2.05, 4.69) is 23.6 Å². The SMILES string of the molecule is CC(C)N(C1CC1)C1CCN(C)CC1F. The summed E-state index contributed by atoms with van der Waals surface area (Å²) in [6, 6.07) is 1.34. The van der Waals surface area contributed by atoms with Gasteiger partial charge in [-0.2, -0.15) is 0 Å². The molecule has 0 N–H and O–H groups in total. The molecule has 1 saturated heterocycles. The van der Waals surface area contributed by atoms with Crippen LogP contribution in [0.4, 0.5) is 4.39 Å². The molecule has 0 bridgehead atoms. The molecule has 0 radical (unpaired) electrons. The minimum atomic E-state index is -0.660. The predicted octanol–water partition coefficient (Wildman–Crippen LogP) is 1.90. The van der Waals surface area contributed by atoms with Crippen molar-refractivity contribution >= 4 is 0 Å². The summed E-state index contributed by atoms with van der Waals surface area (Å²) in [5.74, 6) is 0. The maximum atomic E-state index is 14.0. The Kier molecular flexibility index (Phi) is 3.31. The van der Waals surface area contributed by atoms with E-state index in [0.29, 0.717) is 18.6 Å².